The highest BCUT2D eigenvalue weighted by Crippen LogP contribution is 2.31. The van der Waals surface area contributed by atoms with Crippen LogP contribution >= 0.6 is 11.6 Å². The van der Waals surface area contributed by atoms with Gasteiger partial charge >= 0.3 is 0 Å². The summed E-state index contributed by atoms with van der Waals surface area (Å²) >= 11 is 6.32. The Kier molecular flexibility index (Phi) is 3.85. The van der Waals surface area contributed by atoms with Crippen LogP contribution in [0.1, 0.15) is 11.7 Å². The Hall–Kier alpha value is -2.17. The van der Waals surface area contributed by atoms with Crippen molar-refractivity contribution in [2.45, 2.75) is 6.10 Å². The van der Waals surface area contributed by atoms with E-state index in [9.17, 15) is 0 Å². The number of benzene rings is 2. The van der Waals surface area contributed by atoms with E-state index in [-0.39, 0.29) is 6.10 Å². The van der Waals surface area contributed by atoms with Crippen LogP contribution < -0.4 is 4.90 Å². The molecular formula is C18H16ClN3O. The van der Waals surface area contributed by atoms with Crippen molar-refractivity contribution in [1.29, 1.82) is 0 Å². The number of halogens is 1. The highest BCUT2D eigenvalue weighted by Gasteiger charge is 2.25. The SMILES string of the molecule is Clc1ccccc1C1CN(c2ncnc3ccccc23)CCO1. The van der Waals surface area contributed by atoms with Gasteiger partial charge in [0.15, 0.2) is 0 Å². The molecule has 0 radical (unpaired) electrons. The normalized spacial score (nSPS) is 18.3. The molecule has 2 heterocycles. The first kappa shape index (κ1) is 14.4. The van der Waals surface area contributed by atoms with Gasteiger partial charge in [-0.25, -0.2) is 9.97 Å². The maximum absolute atomic E-state index is 6.32. The summed E-state index contributed by atoms with van der Waals surface area (Å²) in [6, 6.07) is 15.9. The summed E-state index contributed by atoms with van der Waals surface area (Å²) in [5.74, 6) is 0.955. The predicted molar refractivity (Wildman–Crippen MR) is 91.9 cm³/mol. The number of hydrogen-bond donors (Lipinski definition) is 0. The van der Waals surface area contributed by atoms with Gasteiger partial charge in [-0.2, -0.15) is 0 Å². The van der Waals surface area contributed by atoms with E-state index in [2.05, 4.69) is 20.9 Å². The first-order valence-electron chi connectivity index (χ1n) is 7.63. The number of anilines is 1. The summed E-state index contributed by atoms with van der Waals surface area (Å²) in [6.45, 7) is 2.18. The second kappa shape index (κ2) is 6.14. The van der Waals surface area contributed by atoms with Gasteiger partial charge in [0, 0.05) is 29.1 Å². The fraction of sp³-hybridized carbons (Fsp3) is 0.222. The zero-order valence-corrected chi connectivity index (χ0v) is 13.3. The van der Waals surface area contributed by atoms with Crippen LogP contribution in [0.5, 0.6) is 0 Å². The molecule has 0 N–H and O–H groups in total. The Morgan fingerprint density at radius 3 is 2.78 bits per heavy atom. The topological polar surface area (TPSA) is 38.2 Å². The summed E-state index contributed by atoms with van der Waals surface area (Å²) in [4.78, 5) is 11.1. The molecule has 0 bridgehead atoms. The van der Waals surface area contributed by atoms with Crippen LogP contribution in [-0.2, 0) is 4.74 Å². The van der Waals surface area contributed by atoms with Crippen molar-refractivity contribution >= 4 is 28.3 Å². The van der Waals surface area contributed by atoms with Crippen LogP contribution in [0.25, 0.3) is 10.9 Å². The molecule has 2 aromatic carbocycles. The Morgan fingerprint density at radius 1 is 1.04 bits per heavy atom. The third-order valence-electron chi connectivity index (χ3n) is 4.14. The first-order chi connectivity index (χ1) is 11.3. The van der Waals surface area contributed by atoms with Gasteiger partial charge in [0.2, 0.25) is 0 Å². The van der Waals surface area contributed by atoms with Gasteiger partial charge < -0.3 is 9.64 Å². The fourth-order valence-electron chi connectivity index (χ4n) is 3.01. The first-order valence-corrected chi connectivity index (χ1v) is 8.01. The van der Waals surface area contributed by atoms with E-state index in [0.717, 1.165) is 40.4 Å². The van der Waals surface area contributed by atoms with Gasteiger partial charge in [-0.05, 0) is 18.2 Å². The van der Waals surface area contributed by atoms with E-state index >= 15 is 0 Å². The van der Waals surface area contributed by atoms with Crippen LogP contribution in [0, 0.1) is 0 Å². The van der Waals surface area contributed by atoms with Gasteiger partial charge in [-0.3, -0.25) is 0 Å². The number of hydrogen-bond acceptors (Lipinski definition) is 4. The maximum Gasteiger partial charge on any atom is 0.140 e. The minimum absolute atomic E-state index is 0.0498. The smallest absolute Gasteiger partial charge is 0.140 e. The molecule has 1 saturated heterocycles. The number of aromatic nitrogens is 2. The molecule has 23 heavy (non-hydrogen) atoms. The number of rotatable bonds is 2. The molecule has 1 aromatic heterocycles. The van der Waals surface area contributed by atoms with Gasteiger partial charge in [-0.1, -0.05) is 41.9 Å². The highest BCUT2D eigenvalue weighted by atomic mass is 35.5. The molecular weight excluding hydrogens is 310 g/mol. The van der Waals surface area contributed by atoms with Crippen LogP contribution in [0.4, 0.5) is 5.82 Å². The van der Waals surface area contributed by atoms with Gasteiger partial charge in [0.1, 0.15) is 18.2 Å². The van der Waals surface area contributed by atoms with Crippen molar-refractivity contribution in [2.75, 3.05) is 24.6 Å². The molecule has 1 aliphatic rings. The van der Waals surface area contributed by atoms with E-state index < -0.39 is 0 Å². The van der Waals surface area contributed by atoms with Crippen LogP contribution in [0.2, 0.25) is 5.02 Å². The van der Waals surface area contributed by atoms with Gasteiger partial charge in [0.05, 0.1) is 12.1 Å². The second-order valence-corrected chi connectivity index (χ2v) is 5.95. The summed E-state index contributed by atoms with van der Waals surface area (Å²) in [6.07, 6.45) is 1.57. The number of ether oxygens (including phenoxy) is 1. The van der Waals surface area contributed by atoms with Crippen LogP contribution in [0.15, 0.2) is 54.9 Å². The minimum Gasteiger partial charge on any atom is -0.370 e. The van der Waals surface area contributed by atoms with Gasteiger partial charge in [-0.15, -0.1) is 0 Å². The maximum atomic E-state index is 6.32. The second-order valence-electron chi connectivity index (χ2n) is 5.54. The van der Waals surface area contributed by atoms with Crippen LogP contribution in [-0.4, -0.2) is 29.7 Å². The van der Waals surface area contributed by atoms with Crippen molar-refractivity contribution in [1.82, 2.24) is 9.97 Å². The molecule has 1 unspecified atom stereocenters. The summed E-state index contributed by atoms with van der Waals surface area (Å²) in [5.41, 5.74) is 1.98. The largest absolute Gasteiger partial charge is 0.370 e. The zero-order chi connectivity index (χ0) is 15.6. The third kappa shape index (κ3) is 2.76. The Balaban J connectivity index is 1.68. The Morgan fingerprint density at radius 2 is 1.87 bits per heavy atom. The molecule has 3 aromatic rings. The van der Waals surface area contributed by atoms with Crippen molar-refractivity contribution in [3.63, 3.8) is 0 Å². The van der Waals surface area contributed by atoms with Crippen molar-refractivity contribution < 1.29 is 4.74 Å². The lowest BCUT2D eigenvalue weighted by molar-refractivity contribution is 0.0397. The molecule has 1 aliphatic heterocycles. The monoisotopic (exact) mass is 325 g/mol. The summed E-state index contributed by atoms with van der Waals surface area (Å²) in [5, 5.41) is 1.81. The molecule has 4 nitrogen and oxygen atoms in total. The molecule has 0 amide bonds. The molecule has 0 saturated carbocycles. The number of para-hydroxylation sites is 1. The van der Waals surface area contributed by atoms with Crippen molar-refractivity contribution in [2.24, 2.45) is 0 Å². The lowest BCUT2D eigenvalue weighted by atomic mass is 10.1. The highest BCUT2D eigenvalue weighted by molar-refractivity contribution is 6.31. The predicted octanol–water partition coefficient (Wildman–Crippen LogP) is 3.86. The molecule has 0 spiro atoms. The molecule has 0 aliphatic carbocycles. The quantitative estimate of drug-likeness (QED) is 0.717. The van der Waals surface area contributed by atoms with E-state index in [0.29, 0.717) is 6.61 Å². The number of nitrogens with zero attached hydrogens (tertiary/aromatic N) is 3. The van der Waals surface area contributed by atoms with E-state index in [1.54, 1.807) is 6.33 Å². The standard InChI is InChI=1S/C18H16ClN3O/c19-15-7-3-1-5-13(15)17-11-22(9-10-23-17)18-14-6-2-4-8-16(14)20-12-21-18/h1-8,12,17H,9-11H2. The van der Waals surface area contributed by atoms with Gasteiger partial charge in [0.25, 0.3) is 0 Å². The Labute approximate surface area is 139 Å². The minimum atomic E-state index is -0.0498. The number of fused-ring (bicyclic) bond motifs is 1. The van der Waals surface area contributed by atoms with Crippen LogP contribution in [0.3, 0.4) is 0 Å². The van der Waals surface area contributed by atoms with Crippen molar-refractivity contribution in [3.05, 3.63) is 65.4 Å². The zero-order valence-electron chi connectivity index (χ0n) is 12.5. The van der Waals surface area contributed by atoms with E-state index in [1.807, 2.05) is 42.5 Å². The molecule has 4 rings (SSSR count). The van der Waals surface area contributed by atoms with Crippen molar-refractivity contribution in [3.8, 4) is 0 Å². The summed E-state index contributed by atoms with van der Waals surface area (Å²) in [7, 11) is 0. The summed E-state index contributed by atoms with van der Waals surface area (Å²) < 4.78 is 5.94. The number of morpholine rings is 1. The fourth-order valence-corrected chi connectivity index (χ4v) is 3.27. The van der Waals surface area contributed by atoms with E-state index in [1.165, 1.54) is 0 Å². The Bertz CT molecular complexity index is 834. The average Bonchev–Trinajstić information content (AvgIpc) is 2.62. The third-order valence-corrected chi connectivity index (χ3v) is 4.48. The molecule has 5 heteroatoms. The van der Waals surface area contributed by atoms with E-state index in [4.69, 9.17) is 16.3 Å². The lowest BCUT2D eigenvalue weighted by Crippen LogP contribution is -2.39. The molecule has 1 atom stereocenters. The molecule has 116 valence electrons. The molecule has 1 fully saturated rings. The average molecular weight is 326 g/mol. The lowest BCUT2D eigenvalue weighted by Gasteiger charge is -2.34.